The number of rotatable bonds is 6. The Morgan fingerprint density at radius 2 is 1.75 bits per heavy atom. The summed E-state index contributed by atoms with van der Waals surface area (Å²) in [6.45, 7) is 1.32. The summed E-state index contributed by atoms with van der Waals surface area (Å²) in [6, 6.07) is 19.0. The van der Waals surface area contributed by atoms with E-state index in [9.17, 15) is 18.0 Å². The first kappa shape index (κ1) is 23.9. The van der Waals surface area contributed by atoms with Gasteiger partial charge in [0, 0.05) is 13.1 Å². The van der Waals surface area contributed by atoms with Crippen LogP contribution in [-0.2, 0) is 19.1 Å². The summed E-state index contributed by atoms with van der Waals surface area (Å²) >= 11 is 0. The normalized spacial score (nSPS) is 13.9. The van der Waals surface area contributed by atoms with Crippen molar-refractivity contribution in [2.45, 2.75) is 25.6 Å². The summed E-state index contributed by atoms with van der Waals surface area (Å²) in [4.78, 5) is 15.4. The van der Waals surface area contributed by atoms with Gasteiger partial charge < -0.3 is 13.9 Å². The van der Waals surface area contributed by atoms with Gasteiger partial charge in [0.15, 0.2) is 0 Å². The number of hydrogen-bond acceptors (Lipinski definition) is 5. The number of ether oxygens (including phenoxy) is 2. The number of alkyl halides is 3. The van der Waals surface area contributed by atoms with Crippen molar-refractivity contribution in [1.29, 1.82) is 0 Å². The lowest BCUT2D eigenvalue weighted by Crippen LogP contribution is -2.33. The fourth-order valence-corrected chi connectivity index (χ4v) is 4.53. The number of methoxy groups -OCH3 is 1. The first-order valence-corrected chi connectivity index (χ1v) is 11.6. The Balaban J connectivity index is 1.51. The molecule has 0 amide bonds. The molecule has 0 N–H and O–H groups in total. The summed E-state index contributed by atoms with van der Waals surface area (Å²) in [5, 5.41) is 0.0855. The Morgan fingerprint density at radius 3 is 2.44 bits per heavy atom. The van der Waals surface area contributed by atoms with Crippen LogP contribution in [0.3, 0.4) is 0 Å². The van der Waals surface area contributed by atoms with Gasteiger partial charge in [-0.05, 0) is 48.2 Å². The molecule has 5 nitrogen and oxygen atoms in total. The molecule has 1 aliphatic rings. The summed E-state index contributed by atoms with van der Waals surface area (Å²) in [5.74, 6) is -0.425. The molecule has 0 spiro atoms. The van der Waals surface area contributed by atoms with Crippen molar-refractivity contribution in [2.75, 3.05) is 20.4 Å². The van der Waals surface area contributed by atoms with E-state index >= 15 is 0 Å². The lowest BCUT2D eigenvalue weighted by molar-refractivity contribution is -0.152. The van der Waals surface area contributed by atoms with Crippen molar-refractivity contribution in [3.8, 4) is 22.6 Å². The van der Waals surface area contributed by atoms with Crippen LogP contribution in [0.5, 0.6) is 11.5 Å². The third-order valence-corrected chi connectivity index (χ3v) is 6.32. The van der Waals surface area contributed by atoms with Gasteiger partial charge in [-0.1, -0.05) is 42.5 Å². The van der Waals surface area contributed by atoms with Crippen molar-refractivity contribution >= 4 is 11.0 Å². The number of nitrogens with zero attached hydrogens (tertiary/aromatic N) is 1. The minimum absolute atomic E-state index is 0.0855. The van der Waals surface area contributed by atoms with Crippen LogP contribution >= 0.6 is 0 Å². The smallest absolute Gasteiger partial charge is 0.450 e. The van der Waals surface area contributed by atoms with E-state index in [0.717, 1.165) is 12.8 Å². The fourth-order valence-electron chi connectivity index (χ4n) is 4.53. The van der Waals surface area contributed by atoms with Crippen molar-refractivity contribution < 1.29 is 27.1 Å². The Hall–Kier alpha value is -3.78. The molecule has 0 saturated carbocycles. The molecule has 4 aromatic rings. The molecular formula is C28H24F3NO4. The van der Waals surface area contributed by atoms with E-state index in [1.54, 1.807) is 6.07 Å². The topological polar surface area (TPSA) is 51.9 Å². The van der Waals surface area contributed by atoms with Gasteiger partial charge in [0.1, 0.15) is 23.8 Å². The Kier molecular flexibility index (Phi) is 6.45. The molecule has 1 aliphatic heterocycles. The quantitative estimate of drug-likeness (QED) is 0.316. The van der Waals surface area contributed by atoms with Gasteiger partial charge in [0.05, 0.1) is 23.6 Å². The van der Waals surface area contributed by atoms with Gasteiger partial charge in [0.25, 0.3) is 0 Å². The number of hydrogen-bond donors (Lipinski definition) is 0. The zero-order valence-corrected chi connectivity index (χ0v) is 19.6. The van der Waals surface area contributed by atoms with Crippen molar-refractivity contribution in [3.05, 3.63) is 93.8 Å². The maximum absolute atomic E-state index is 14.1. The zero-order chi connectivity index (χ0) is 25.3. The molecule has 2 heterocycles. The van der Waals surface area contributed by atoms with E-state index in [-0.39, 0.29) is 16.5 Å². The van der Waals surface area contributed by atoms with E-state index in [0.29, 0.717) is 36.9 Å². The van der Waals surface area contributed by atoms with Crippen LogP contribution < -0.4 is 14.9 Å². The Labute approximate surface area is 205 Å². The van der Waals surface area contributed by atoms with Gasteiger partial charge >= 0.3 is 6.18 Å². The molecule has 36 heavy (non-hydrogen) atoms. The van der Waals surface area contributed by atoms with Gasteiger partial charge in [0.2, 0.25) is 11.2 Å². The van der Waals surface area contributed by atoms with E-state index in [2.05, 4.69) is 12.1 Å². The molecule has 0 unspecified atom stereocenters. The molecule has 0 atom stereocenters. The molecule has 3 aromatic carbocycles. The molecular weight excluding hydrogens is 471 g/mol. The highest BCUT2D eigenvalue weighted by molar-refractivity contribution is 5.87. The van der Waals surface area contributed by atoms with E-state index < -0.39 is 22.9 Å². The second-order valence-corrected chi connectivity index (χ2v) is 8.70. The molecule has 0 bridgehead atoms. The van der Waals surface area contributed by atoms with Crippen molar-refractivity contribution in [1.82, 2.24) is 4.90 Å². The highest BCUT2D eigenvalue weighted by Crippen LogP contribution is 2.40. The second kappa shape index (κ2) is 9.70. The Bertz CT molecular complexity index is 1430. The third kappa shape index (κ3) is 4.68. The predicted molar refractivity (Wildman–Crippen MR) is 130 cm³/mol. The zero-order valence-electron chi connectivity index (χ0n) is 19.6. The number of aryl methyl sites for hydroxylation is 1. The number of benzene rings is 3. The summed E-state index contributed by atoms with van der Waals surface area (Å²) in [5.41, 5.74) is 0.424. The largest absolute Gasteiger partial charge is 0.497 e. The van der Waals surface area contributed by atoms with Crippen LogP contribution in [0, 0.1) is 0 Å². The molecule has 0 fully saturated rings. The van der Waals surface area contributed by atoms with Crippen LogP contribution in [-0.4, -0.2) is 25.3 Å². The lowest BCUT2D eigenvalue weighted by Gasteiger charge is -2.29. The monoisotopic (exact) mass is 495 g/mol. The first-order valence-electron chi connectivity index (χ1n) is 11.6. The maximum Gasteiger partial charge on any atom is 0.450 e. The van der Waals surface area contributed by atoms with Crippen LogP contribution in [0.2, 0.25) is 0 Å². The second-order valence-electron chi connectivity index (χ2n) is 8.70. The molecule has 186 valence electrons. The SMILES string of the molecule is COc1ccc(-c2c(C(F)(F)F)oc3c4c(ccc3c2=O)OCN(CCCc2ccccc2)C4)cc1. The average Bonchev–Trinajstić information content (AvgIpc) is 2.88. The Morgan fingerprint density at radius 1 is 1.00 bits per heavy atom. The van der Waals surface area contributed by atoms with Crippen LogP contribution in [0.1, 0.15) is 23.3 Å². The van der Waals surface area contributed by atoms with Crippen LogP contribution in [0.25, 0.3) is 22.1 Å². The molecule has 0 saturated heterocycles. The lowest BCUT2D eigenvalue weighted by atomic mass is 9.99. The molecule has 0 aliphatic carbocycles. The number of fused-ring (bicyclic) bond motifs is 3. The van der Waals surface area contributed by atoms with Gasteiger partial charge in [-0.15, -0.1) is 0 Å². The third-order valence-electron chi connectivity index (χ3n) is 6.32. The first-order chi connectivity index (χ1) is 17.3. The minimum atomic E-state index is -4.86. The van der Waals surface area contributed by atoms with Crippen LogP contribution in [0.4, 0.5) is 13.2 Å². The fraction of sp³-hybridized carbons (Fsp3) is 0.250. The highest BCUT2D eigenvalue weighted by Gasteiger charge is 2.40. The van der Waals surface area contributed by atoms with Crippen molar-refractivity contribution in [3.63, 3.8) is 0 Å². The summed E-state index contributed by atoms with van der Waals surface area (Å²) < 4.78 is 58.8. The van der Waals surface area contributed by atoms with Gasteiger partial charge in [-0.3, -0.25) is 9.69 Å². The van der Waals surface area contributed by atoms with E-state index in [1.165, 1.54) is 43.0 Å². The predicted octanol–water partition coefficient (Wildman–Crippen LogP) is 6.27. The average molecular weight is 495 g/mol. The molecule has 8 heteroatoms. The summed E-state index contributed by atoms with van der Waals surface area (Å²) in [7, 11) is 1.46. The molecule has 0 radical (unpaired) electrons. The maximum atomic E-state index is 14.1. The van der Waals surface area contributed by atoms with Crippen molar-refractivity contribution in [2.24, 2.45) is 0 Å². The van der Waals surface area contributed by atoms with E-state index in [1.807, 2.05) is 23.1 Å². The minimum Gasteiger partial charge on any atom is -0.497 e. The van der Waals surface area contributed by atoms with E-state index in [4.69, 9.17) is 13.9 Å². The van der Waals surface area contributed by atoms with Gasteiger partial charge in [-0.25, -0.2) is 0 Å². The molecule has 1 aromatic heterocycles. The molecule has 5 rings (SSSR count). The number of halogens is 3. The van der Waals surface area contributed by atoms with Crippen LogP contribution in [0.15, 0.2) is 75.9 Å². The summed E-state index contributed by atoms with van der Waals surface area (Å²) in [6.07, 6.45) is -3.14. The highest BCUT2D eigenvalue weighted by atomic mass is 19.4. The van der Waals surface area contributed by atoms with Gasteiger partial charge in [-0.2, -0.15) is 13.2 Å². The standard InChI is InChI=1S/C28H24F3NO4/c1-34-20-11-9-19(10-12-20)24-25(33)21-13-14-23-22(26(21)36-27(24)28(29,30)31)16-32(17-35-23)15-5-8-18-6-3-2-4-7-18/h2-4,6-7,9-14H,5,8,15-17H2,1H3.